The van der Waals surface area contributed by atoms with Gasteiger partial charge < -0.3 is 4.74 Å². The molecule has 0 fully saturated rings. The quantitative estimate of drug-likeness (QED) is 0.794. The van der Waals surface area contributed by atoms with Gasteiger partial charge in [0.2, 0.25) is 0 Å². The van der Waals surface area contributed by atoms with Crippen molar-refractivity contribution in [2.24, 2.45) is 0 Å². The maximum atomic E-state index is 12.4. The first-order valence-electron chi connectivity index (χ1n) is 3.85. The van der Waals surface area contributed by atoms with E-state index < -0.39 is 6.43 Å². The average molecular weight is 251 g/mol. The lowest BCUT2D eigenvalue weighted by Gasteiger charge is -2.07. The lowest BCUT2D eigenvalue weighted by Crippen LogP contribution is -1.93. The van der Waals surface area contributed by atoms with Gasteiger partial charge in [-0.15, -0.1) is 0 Å². The molecule has 4 heteroatoms. The Labute approximate surface area is 83.8 Å². The summed E-state index contributed by atoms with van der Waals surface area (Å²) in [6.45, 7) is 2.29. The first-order chi connectivity index (χ1) is 6.15. The van der Waals surface area contributed by atoms with E-state index in [1.807, 2.05) is 6.92 Å². The van der Waals surface area contributed by atoms with Crippen molar-refractivity contribution in [3.8, 4) is 5.75 Å². The van der Waals surface area contributed by atoms with E-state index in [2.05, 4.69) is 15.9 Å². The highest BCUT2D eigenvalue weighted by molar-refractivity contribution is 9.10. The molecule has 0 radical (unpaired) electrons. The molecule has 0 aliphatic carbocycles. The SMILES string of the molecule is CCOc1ccc(Br)c(C(F)F)c1. The highest BCUT2D eigenvalue weighted by Crippen LogP contribution is 2.30. The van der Waals surface area contributed by atoms with Crippen LogP contribution in [0.2, 0.25) is 0 Å². The van der Waals surface area contributed by atoms with Crippen molar-refractivity contribution in [1.29, 1.82) is 0 Å². The van der Waals surface area contributed by atoms with Gasteiger partial charge in [-0.05, 0) is 25.1 Å². The standard InChI is InChI=1S/C9H9BrF2O/c1-2-13-6-3-4-8(10)7(5-6)9(11)12/h3-5,9H,2H2,1H3. The van der Waals surface area contributed by atoms with Crippen molar-refractivity contribution in [1.82, 2.24) is 0 Å². The minimum Gasteiger partial charge on any atom is -0.494 e. The topological polar surface area (TPSA) is 9.23 Å². The third-order valence-electron chi connectivity index (χ3n) is 1.51. The first kappa shape index (κ1) is 10.4. The third kappa shape index (κ3) is 2.66. The van der Waals surface area contributed by atoms with Crippen LogP contribution in [0, 0.1) is 0 Å². The molecule has 1 rings (SSSR count). The van der Waals surface area contributed by atoms with Gasteiger partial charge in [0.05, 0.1) is 6.61 Å². The fraction of sp³-hybridized carbons (Fsp3) is 0.333. The molecular weight excluding hydrogens is 242 g/mol. The zero-order valence-corrected chi connectivity index (χ0v) is 8.64. The van der Waals surface area contributed by atoms with Crippen LogP contribution in [0.4, 0.5) is 8.78 Å². The number of ether oxygens (including phenoxy) is 1. The molecular formula is C9H9BrF2O. The highest BCUT2D eigenvalue weighted by Gasteiger charge is 2.12. The predicted molar refractivity (Wildman–Crippen MR) is 50.3 cm³/mol. The van der Waals surface area contributed by atoms with Crippen LogP contribution in [0.3, 0.4) is 0 Å². The molecule has 1 aromatic rings. The summed E-state index contributed by atoms with van der Waals surface area (Å²) in [5, 5.41) is 0. The van der Waals surface area contributed by atoms with Crippen LogP contribution in [0.5, 0.6) is 5.75 Å². The Balaban J connectivity index is 2.97. The van der Waals surface area contributed by atoms with E-state index in [1.165, 1.54) is 6.07 Å². The molecule has 0 bridgehead atoms. The summed E-state index contributed by atoms with van der Waals surface area (Å²) in [5.41, 5.74) is -0.0362. The molecule has 72 valence electrons. The number of hydrogen-bond acceptors (Lipinski definition) is 1. The number of benzene rings is 1. The van der Waals surface area contributed by atoms with Crippen molar-refractivity contribution >= 4 is 15.9 Å². The van der Waals surface area contributed by atoms with Gasteiger partial charge in [-0.25, -0.2) is 8.78 Å². The van der Waals surface area contributed by atoms with E-state index in [0.29, 0.717) is 16.8 Å². The molecule has 0 unspecified atom stereocenters. The molecule has 0 aliphatic rings. The molecule has 0 amide bonds. The molecule has 0 atom stereocenters. The van der Waals surface area contributed by atoms with Gasteiger partial charge in [0, 0.05) is 10.0 Å². The van der Waals surface area contributed by atoms with Gasteiger partial charge in [0.25, 0.3) is 6.43 Å². The lowest BCUT2D eigenvalue weighted by atomic mass is 10.2. The van der Waals surface area contributed by atoms with Crippen molar-refractivity contribution in [3.63, 3.8) is 0 Å². The largest absolute Gasteiger partial charge is 0.494 e. The molecule has 0 N–H and O–H groups in total. The minimum absolute atomic E-state index is 0.0362. The van der Waals surface area contributed by atoms with Gasteiger partial charge >= 0.3 is 0 Å². The zero-order chi connectivity index (χ0) is 9.84. The monoisotopic (exact) mass is 250 g/mol. The summed E-state index contributed by atoms with van der Waals surface area (Å²) in [6, 6.07) is 4.56. The van der Waals surface area contributed by atoms with Gasteiger partial charge in [-0.1, -0.05) is 15.9 Å². The fourth-order valence-electron chi connectivity index (χ4n) is 0.946. The molecule has 0 aromatic heterocycles. The van der Waals surface area contributed by atoms with Crippen LogP contribution in [-0.2, 0) is 0 Å². The van der Waals surface area contributed by atoms with Crippen LogP contribution in [0.25, 0.3) is 0 Å². The Bertz CT molecular complexity index is 289. The second kappa shape index (κ2) is 4.56. The molecule has 13 heavy (non-hydrogen) atoms. The molecule has 0 saturated carbocycles. The Hall–Kier alpha value is -0.640. The Morgan fingerprint density at radius 1 is 1.46 bits per heavy atom. The van der Waals surface area contributed by atoms with Gasteiger partial charge in [0.15, 0.2) is 0 Å². The van der Waals surface area contributed by atoms with Crippen molar-refractivity contribution in [2.75, 3.05) is 6.61 Å². The first-order valence-corrected chi connectivity index (χ1v) is 4.65. The van der Waals surface area contributed by atoms with Crippen molar-refractivity contribution in [3.05, 3.63) is 28.2 Å². The van der Waals surface area contributed by atoms with Gasteiger partial charge in [-0.3, -0.25) is 0 Å². The molecule has 0 heterocycles. The van der Waals surface area contributed by atoms with Crippen molar-refractivity contribution in [2.45, 2.75) is 13.3 Å². The Morgan fingerprint density at radius 3 is 2.69 bits per heavy atom. The van der Waals surface area contributed by atoms with E-state index in [0.717, 1.165) is 0 Å². The van der Waals surface area contributed by atoms with E-state index in [9.17, 15) is 8.78 Å². The highest BCUT2D eigenvalue weighted by atomic mass is 79.9. The second-order valence-corrected chi connectivity index (χ2v) is 3.27. The molecule has 0 saturated heterocycles. The normalized spacial score (nSPS) is 10.5. The van der Waals surface area contributed by atoms with Gasteiger partial charge in [-0.2, -0.15) is 0 Å². The van der Waals surface area contributed by atoms with Crippen LogP contribution >= 0.6 is 15.9 Å². The smallest absolute Gasteiger partial charge is 0.265 e. The summed E-state index contributed by atoms with van der Waals surface area (Å²) in [6.07, 6.45) is -2.48. The summed E-state index contributed by atoms with van der Waals surface area (Å²) in [5.74, 6) is 0.473. The van der Waals surface area contributed by atoms with E-state index in [4.69, 9.17) is 4.74 Å². The summed E-state index contributed by atoms with van der Waals surface area (Å²) in [7, 11) is 0. The predicted octanol–water partition coefficient (Wildman–Crippen LogP) is 3.79. The third-order valence-corrected chi connectivity index (χ3v) is 2.24. The minimum atomic E-state index is -2.48. The average Bonchev–Trinajstić information content (AvgIpc) is 2.08. The molecule has 0 spiro atoms. The zero-order valence-electron chi connectivity index (χ0n) is 7.06. The second-order valence-electron chi connectivity index (χ2n) is 2.42. The molecule has 1 aromatic carbocycles. The lowest BCUT2D eigenvalue weighted by molar-refractivity contribution is 0.150. The molecule has 0 aliphatic heterocycles. The van der Waals surface area contributed by atoms with Gasteiger partial charge in [0.1, 0.15) is 5.75 Å². The van der Waals surface area contributed by atoms with E-state index in [1.54, 1.807) is 12.1 Å². The molecule has 1 nitrogen and oxygen atoms in total. The van der Waals surface area contributed by atoms with Crippen LogP contribution in [-0.4, -0.2) is 6.61 Å². The van der Waals surface area contributed by atoms with Crippen LogP contribution in [0.15, 0.2) is 22.7 Å². The maximum Gasteiger partial charge on any atom is 0.265 e. The number of rotatable bonds is 3. The number of hydrogen-bond donors (Lipinski definition) is 0. The maximum absolute atomic E-state index is 12.4. The van der Waals surface area contributed by atoms with E-state index in [-0.39, 0.29) is 5.56 Å². The van der Waals surface area contributed by atoms with Crippen LogP contribution in [0.1, 0.15) is 18.9 Å². The fourth-order valence-corrected chi connectivity index (χ4v) is 1.37. The van der Waals surface area contributed by atoms with Crippen LogP contribution < -0.4 is 4.74 Å². The van der Waals surface area contributed by atoms with Crippen molar-refractivity contribution < 1.29 is 13.5 Å². The number of halogens is 3. The summed E-state index contributed by atoms with van der Waals surface area (Å²) >= 11 is 3.05. The Kier molecular flexibility index (Phi) is 3.66. The Morgan fingerprint density at radius 2 is 2.15 bits per heavy atom. The summed E-state index contributed by atoms with van der Waals surface area (Å²) < 4.78 is 30.2. The summed E-state index contributed by atoms with van der Waals surface area (Å²) in [4.78, 5) is 0. The van der Waals surface area contributed by atoms with E-state index >= 15 is 0 Å². The number of alkyl halides is 2.